The Morgan fingerprint density at radius 1 is 0.846 bits per heavy atom. The van der Waals surface area contributed by atoms with Gasteiger partial charge in [-0.05, 0) is 28.8 Å². The van der Waals surface area contributed by atoms with E-state index in [1.807, 2.05) is 60.7 Å². The van der Waals surface area contributed by atoms with Gasteiger partial charge >= 0.3 is 0 Å². The van der Waals surface area contributed by atoms with E-state index in [-0.39, 0.29) is 6.61 Å². The first-order valence-electron chi connectivity index (χ1n) is 8.43. The van der Waals surface area contributed by atoms with Crippen LogP contribution in [0.1, 0.15) is 11.1 Å². The molecule has 4 heteroatoms. The van der Waals surface area contributed by atoms with Crippen LogP contribution in [0.3, 0.4) is 0 Å². The first-order valence-corrected chi connectivity index (χ1v) is 8.43. The maximum absolute atomic E-state index is 9.82. The summed E-state index contributed by atoms with van der Waals surface area (Å²) in [5.41, 5.74) is 5.03. The van der Waals surface area contributed by atoms with Crippen LogP contribution in [0.2, 0.25) is 0 Å². The van der Waals surface area contributed by atoms with Crippen molar-refractivity contribution in [1.82, 2.24) is 0 Å². The Kier molecular flexibility index (Phi) is 4.30. The molecule has 4 rings (SSSR count). The summed E-state index contributed by atoms with van der Waals surface area (Å²) in [6, 6.07) is 21.5. The highest BCUT2D eigenvalue weighted by atomic mass is 16.6. The maximum Gasteiger partial charge on any atom is 0.161 e. The lowest BCUT2D eigenvalue weighted by Crippen LogP contribution is -2.15. The van der Waals surface area contributed by atoms with Crippen LogP contribution in [0.15, 0.2) is 60.7 Å². The molecule has 0 fully saturated rings. The largest absolute Gasteiger partial charge is 0.486 e. The number of hydrogen-bond donors (Lipinski definition) is 1. The van der Waals surface area contributed by atoms with E-state index in [1.165, 1.54) is 0 Å². The lowest BCUT2D eigenvalue weighted by Gasteiger charge is -2.19. The predicted molar refractivity (Wildman–Crippen MR) is 98.9 cm³/mol. The molecule has 3 aromatic rings. The molecule has 0 radical (unpaired) electrons. The van der Waals surface area contributed by atoms with Crippen LogP contribution in [0.25, 0.3) is 22.3 Å². The summed E-state index contributed by atoms with van der Waals surface area (Å²) in [7, 11) is 0. The van der Waals surface area contributed by atoms with Gasteiger partial charge in [-0.1, -0.05) is 48.5 Å². The minimum absolute atomic E-state index is 0.00260. The smallest absolute Gasteiger partial charge is 0.161 e. The van der Waals surface area contributed by atoms with Crippen molar-refractivity contribution in [2.45, 2.75) is 6.61 Å². The fourth-order valence-corrected chi connectivity index (χ4v) is 3.15. The fourth-order valence-electron chi connectivity index (χ4n) is 3.15. The lowest BCUT2D eigenvalue weighted by molar-refractivity contribution is 0.171. The van der Waals surface area contributed by atoms with Crippen molar-refractivity contribution >= 4 is 0 Å². The monoisotopic (exact) mass is 343 g/mol. The minimum Gasteiger partial charge on any atom is -0.486 e. The van der Waals surface area contributed by atoms with Crippen molar-refractivity contribution < 1.29 is 14.6 Å². The van der Waals surface area contributed by atoms with Crippen LogP contribution in [0.4, 0.5) is 0 Å². The number of ether oxygens (including phenoxy) is 2. The molecule has 1 N–H and O–H groups in total. The predicted octanol–water partition coefficient (Wildman–Crippen LogP) is 4.16. The molecule has 0 unspecified atom stereocenters. The van der Waals surface area contributed by atoms with Gasteiger partial charge in [0.15, 0.2) is 11.5 Å². The molecular weight excluding hydrogens is 326 g/mol. The highest BCUT2D eigenvalue weighted by Crippen LogP contribution is 2.37. The van der Waals surface area contributed by atoms with Gasteiger partial charge in [0.2, 0.25) is 0 Å². The first-order chi connectivity index (χ1) is 12.8. The first kappa shape index (κ1) is 16.2. The highest BCUT2D eigenvalue weighted by Gasteiger charge is 2.16. The highest BCUT2D eigenvalue weighted by molar-refractivity contribution is 5.82. The number of aliphatic hydroxyl groups excluding tert-OH is 1. The molecule has 0 bridgehead atoms. The number of hydrogen-bond acceptors (Lipinski definition) is 4. The Morgan fingerprint density at radius 2 is 1.50 bits per heavy atom. The number of aliphatic hydroxyl groups is 1. The van der Waals surface area contributed by atoms with E-state index in [4.69, 9.17) is 9.47 Å². The molecule has 1 heterocycles. The molecule has 3 aromatic carbocycles. The van der Waals surface area contributed by atoms with Crippen LogP contribution in [0, 0.1) is 11.3 Å². The zero-order chi connectivity index (χ0) is 17.9. The molecule has 0 spiro atoms. The quantitative estimate of drug-likeness (QED) is 0.776. The molecule has 0 amide bonds. The van der Waals surface area contributed by atoms with E-state index >= 15 is 0 Å². The second-order valence-corrected chi connectivity index (χ2v) is 6.05. The van der Waals surface area contributed by atoms with Crippen molar-refractivity contribution in [3.63, 3.8) is 0 Å². The number of benzene rings is 3. The Bertz CT molecular complexity index is 987. The van der Waals surface area contributed by atoms with Crippen molar-refractivity contribution in [2.75, 3.05) is 13.2 Å². The van der Waals surface area contributed by atoms with Crippen LogP contribution >= 0.6 is 0 Å². The molecule has 0 saturated heterocycles. The SMILES string of the molecule is N#Cc1c(-c2ccc(CO)cc2)cccc1-c1ccc2c(c1)OCCO2. The zero-order valence-electron chi connectivity index (χ0n) is 14.1. The van der Waals surface area contributed by atoms with E-state index in [0.29, 0.717) is 24.5 Å². The number of nitrogens with zero attached hydrogens (tertiary/aromatic N) is 1. The summed E-state index contributed by atoms with van der Waals surface area (Å²) in [5, 5.41) is 19.0. The summed E-state index contributed by atoms with van der Waals surface area (Å²) in [5.74, 6) is 1.43. The Labute approximate surface area is 151 Å². The van der Waals surface area contributed by atoms with Crippen molar-refractivity contribution in [3.8, 4) is 39.8 Å². The van der Waals surface area contributed by atoms with Gasteiger partial charge < -0.3 is 14.6 Å². The van der Waals surface area contributed by atoms with Gasteiger partial charge in [-0.3, -0.25) is 0 Å². The zero-order valence-corrected chi connectivity index (χ0v) is 14.1. The van der Waals surface area contributed by atoms with Crippen molar-refractivity contribution in [3.05, 3.63) is 71.8 Å². The summed E-state index contributed by atoms with van der Waals surface area (Å²) in [6.07, 6.45) is 0. The van der Waals surface area contributed by atoms with Crippen LogP contribution in [0.5, 0.6) is 11.5 Å². The number of nitriles is 1. The van der Waals surface area contributed by atoms with Gasteiger partial charge in [-0.2, -0.15) is 5.26 Å². The average molecular weight is 343 g/mol. The topological polar surface area (TPSA) is 62.5 Å². The molecule has 4 nitrogen and oxygen atoms in total. The molecule has 26 heavy (non-hydrogen) atoms. The summed E-state index contributed by atoms with van der Waals surface area (Å²) in [4.78, 5) is 0. The Hall–Kier alpha value is -3.29. The van der Waals surface area contributed by atoms with Gasteiger partial charge in [0.05, 0.1) is 12.2 Å². The van der Waals surface area contributed by atoms with Crippen molar-refractivity contribution in [2.24, 2.45) is 0 Å². The third-order valence-electron chi connectivity index (χ3n) is 4.48. The molecule has 128 valence electrons. The van der Waals surface area contributed by atoms with Crippen LogP contribution < -0.4 is 9.47 Å². The molecule has 0 saturated carbocycles. The maximum atomic E-state index is 9.82. The lowest BCUT2D eigenvalue weighted by atomic mass is 9.92. The number of fused-ring (bicyclic) bond motifs is 1. The standard InChI is InChI=1S/C22H17NO3/c23-13-20-18(16-6-4-15(14-24)5-7-16)2-1-3-19(20)17-8-9-21-22(12-17)26-11-10-25-21/h1-9,12,24H,10-11,14H2. The Morgan fingerprint density at radius 3 is 2.19 bits per heavy atom. The molecule has 0 aliphatic carbocycles. The van der Waals surface area contributed by atoms with E-state index in [2.05, 4.69) is 6.07 Å². The van der Waals surface area contributed by atoms with Crippen molar-refractivity contribution in [1.29, 1.82) is 5.26 Å². The van der Waals surface area contributed by atoms with Crippen LogP contribution in [-0.2, 0) is 6.61 Å². The van der Waals surface area contributed by atoms with Gasteiger partial charge in [0.1, 0.15) is 19.3 Å². The van der Waals surface area contributed by atoms with Gasteiger partial charge in [-0.25, -0.2) is 0 Å². The van der Waals surface area contributed by atoms with Gasteiger partial charge in [0.25, 0.3) is 0 Å². The minimum atomic E-state index is 0.00260. The number of rotatable bonds is 3. The Balaban J connectivity index is 1.81. The summed E-state index contributed by atoms with van der Waals surface area (Å²) >= 11 is 0. The van der Waals surface area contributed by atoms with Gasteiger partial charge in [-0.15, -0.1) is 0 Å². The van der Waals surface area contributed by atoms with E-state index < -0.39 is 0 Å². The van der Waals surface area contributed by atoms with E-state index in [1.54, 1.807) is 0 Å². The van der Waals surface area contributed by atoms with Gasteiger partial charge in [0, 0.05) is 11.1 Å². The third kappa shape index (κ3) is 2.90. The molecule has 0 aromatic heterocycles. The fraction of sp³-hybridized carbons (Fsp3) is 0.136. The van der Waals surface area contributed by atoms with E-state index in [0.717, 1.165) is 33.6 Å². The molecular formula is C22H17NO3. The molecule has 1 aliphatic heterocycles. The summed E-state index contributed by atoms with van der Waals surface area (Å²) < 4.78 is 11.2. The molecule has 1 aliphatic rings. The summed E-state index contributed by atoms with van der Waals surface area (Å²) in [6.45, 7) is 1.08. The third-order valence-corrected chi connectivity index (χ3v) is 4.48. The normalized spacial score (nSPS) is 12.5. The second kappa shape index (κ2) is 6.91. The average Bonchev–Trinajstić information content (AvgIpc) is 2.73. The second-order valence-electron chi connectivity index (χ2n) is 6.05. The molecule has 0 atom stereocenters. The van der Waals surface area contributed by atoms with E-state index in [9.17, 15) is 10.4 Å². The van der Waals surface area contributed by atoms with Crippen LogP contribution in [-0.4, -0.2) is 18.3 Å².